The average molecular weight is 304 g/mol. The number of carboxylic acid groups (broad SMARTS) is 1. The molecule has 21 heavy (non-hydrogen) atoms. The lowest BCUT2D eigenvalue weighted by Crippen LogP contribution is -2.08. The molecule has 2 aromatic rings. The summed E-state index contributed by atoms with van der Waals surface area (Å²) in [6.07, 6.45) is 0. The lowest BCUT2D eigenvalue weighted by molar-refractivity contribution is 0.0690. The summed E-state index contributed by atoms with van der Waals surface area (Å²) in [5.74, 6) is 1.02. The largest absolute Gasteiger partial charge is 0.497 e. The van der Waals surface area contributed by atoms with Gasteiger partial charge in [0.1, 0.15) is 22.2 Å². The first-order chi connectivity index (χ1) is 10.0. The van der Waals surface area contributed by atoms with E-state index in [-0.39, 0.29) is 5.56 Å². The Hall–Kier alpha value is -2.08. The number of ether oxygens (including phenoxy) is 1. The highest BCUT2D eigenvalue weighted by Gasteiger charge is 2.17. The number of rotatable bonds is 5. The second-order valence-electron chi connectivity index (χ2n) is 4.48. The monoisotopic (exact) mass is 304 g/mol. The molecule has 0 unspecified atom stereocenters. The summed E-state index contributed by atoms with van der Waals surface area (Å²) < 4.78 is 5.11. The summed E-state index contributed by atoms with van der Waals surface area (Å²) >= 11 is 1.40. The molecule has 0 aliphatic carbocycles. The SMILES string of the molecule is COc1ccc(CSc2nc(C)nc(C)c2C(=O)O)cc1. The van der Waals surface area contributed by atoms with E-state index in [1.54, 1.807) is 21.0 Å². The van der Waals surface area contributed by atoms with Gasteiger partial charge in [0.25, 0.3) is 0 Å². The van der Waals surface area contributed by atoms with Crippen LogP contribution in [0, 0.1) is 13.8 Å². The minimum Gasteiger partial charge on any atom is -0.497 e. The molecule has 0 spiro atoms. The van der Waals surface area contributed by atoms with Gasteiger partial charge in [0.15, 0.2) is 0 Å². The Balaban J connectivity index is 2.20. The van der Waals surface area contributed by atoms with Gasteiger partial charge in [-0.1, -0.05) is 12.1 Å². The van der Waals surface area contributed by atoms with E-state index in [0.717, 1.165) is 11.3 Å². The Bertz CT molecular complexity index is 657. The fraction of sp³-hybridized carbons (Fsp3) is 0.267. The van der Waals surface area contributed by atoms with Crippen molar-refractivity contribution in [3.05, 3.63) is 46.9 Å². The molecule has 6 heteroatoms. The molecule has 2 rings (SSSR count). The number of thioether (sulfide) groups is 1. The first kappa shape index (κ1) is 15.3. The lowest BCUT2D eigenvalue weighted by atomic mass is 10.2. The van der Waals surface area contributed by atoms with E-state index < -0.39 is 5.97 Å². The van der Waals surface area contributed by atoms with Crippen molar-refractivity contribution in [2.45, 2.75) is 24.6 Å². The van der Waals surface area contributed by atoms with Gasteiger partial charge in [-0.05, 0) is 31.5 Å². The van der Waals surface area contributed by atoms with Gasteiger partial charge < -0.3 is 9.84 Å². The van der Waals surface area contributed by atoms with Crippen LogP contribution in [0.1, 0.15) is 27.4 Å². The van der Waals surface area contributed by atoms with Gasteiger partial charge in [-0.3, -0.25) is 0 Å². The Labute approximate surface area is 127 Å². The van der Waals surface area contributed by atoms with Gasteiger partial charge in [-0.15, -0.1) is 11.8 Å². The molecule has 0 fully saturated rings. The van der Waals surface area contributed by atoms with E-state index in [1.165, 1.54) is 11.8 Å². The van der Waals surface area contributed by atoms with Crippen LogP contribution in [-0.2, 0) is 5.75 Å². The highest BCUT2D eigenvalue weighted by atomic mass is 32.2. The van der Waals surface area contributed by atoms with Crippen molar-refractivity contribution in [1.29, 1.82) is 0 Å². The van der Waals surface area contributed by atoms with Crippen LogP contribution in [0.3, 0.4) is 0 Å². The lowest BCUT2D eigenvalue weighted by Gasteiger charge is -2.09. The number of hydrogen-bond donors (Lipinski definition) is 1. The zero-order chi connectivity index (χ0) is 15.4. The fourth-order valence-corrected chi connectivity index (χ4v) is 2.98. The molecule has 110 valence electrons. The highest BCUT2D eigenvalue weighted by Crippen LogP contribution is 2.26. The summed E-state index contributed by atoms with van der Waals surface area (Å²) in [6.45, 7) is 3.45. The topological polar surface area (TPSA) is 72.3 Å². The van der Waals surface area contributed by atoms with Crippen LogP contribution in [0.5, 0.6) is 5.75 Å². The van der Waals surface area contributed by atoms with Crippen LogP contribution < -0.4 is 4.74 Å². The normalized spacial score (nSPS) is 10.4. The fourth-order valence-electron chi connectivity index (χ4n) is 1.91. The number of hydrogen-bond acceptors (Lipinski definition) is 5. The second-order valence-corrected chi connectivity index (χ2v) is 5.44. The minimum atomic E-state index is -0.996. The average Bonchev–Trinajstić information content (AvgIpc) is 2.44. The standard InChI is InChI=1S/C15H16N2O3S/c1-9-13(15(18)19)14(17-10(2)16-9)21-8-11-4-6-12(20-3)7-5-11/h4-7H,8H2,1-3H3,(H,18,19). The van der Waals surface area contributed by atoms with Crippen molar-refractivity contribution in [2.24, 2.45) is 0 Å². The maximum atomic E-state index is 11.3. The van der Waals surface area contributed by atoms with Gasteiger partial charge in [0.2, 0.25) is 0 Å². The van der Waals surface area contributed by atoms with E-state index in [9.17, 15) is 9.90 Å². The number of benzene rings is 1. The Morgan fingerprint density at radius 2 is 1.90 bits per heavy atom. The number of aromatic nitrogens is 2. The Morgan fingerprint density at radius 3 is 2.48 bits per heavy atom. The molecule has 0 aliphatic rings. The third-order valence-corrected chi connectivity index (χ3v) is 3.96. The third kappa shape index (κ3) is 3.72. The molecule has 0 saturated carbocycles. The summed E-state index contributed by atoms with van der Waals surface area (Å²) in [4.78, 5) is 19.7. The molecule has 1 aromatic carbocycles. The van der Waals surface area contributed by atoms with E-state index in [2.05, 4.69) is 9.97 Å². The molecule has 0 saturated heterocycles. The van der Waals surface area contributed by atoms with Crippen molar-refractivity contribution >= 4 is 17.7 Å². The molecule has 5 nitrogen and oxygen atoms in total. The number of methoxy groups -OCH3 is 1. The molecule has 0 aliphatic heterocycles. The summed E-state index contributed by atoms with van der Waals surface area (Å²) in [5.41, 5.74) is 1.75. The highest BCUT2D eigenvalue weighted by molar-refractivity contribution is 7.98. The summed E-state index contributed by atoms with van der Waals surface area (Å²) in [5, 5.41) is 9.80. The quantitative estimate of drug-likeness (QED) is 0.676. The molecule has 1 aromatic heterocycles. The van der Waals surface area contributed by atoms with Crippen LogP contribution >= 0.6 is 11.8 Å². The van der Waals surface area contributed by atoms with E-state index in [0.29, 0.717) is 22.3 Å². The van der Waals surface area contributed by atoms with E-state index in [1.807, 2.05) is 24.3 Å². The molecule has 1 heterocycles. The van der Waals surface area contributed by atoms with Crippen molar-refractivity contribution in [1.82, 2.24) is 9.97 Å². The van der Waals surface area contributed by atoms with Crippen LogP contribution in [0.15, 0.2) is 29.3 Å². The van der Waals surface area contributed by atoms with Crippen molar-refractivity contribution in [3.8, 4) is 5.75 Å². The smallest absolute Gasteiger partial charge is 0.340 e. The Morgan fingerprint density at radius 1 is 1.24 bits per heavy atom. The molecule has 0 bridgehead atoms. The predicted molar refractivity (Wildman–Crippen MR) is 81.0 cm³/mol. The maximum Gasteiger partial charge on any atom is 0.340 e. The van der Waals surface area contributed by atoms with Crippen molar-refractivity contribution in [3.63, 3.8) is 0 Å². The Kier molecular flexibility index (Phi) is 4.80. The van der Waals surface area contributed by atoms with E-state index >= 15 is 0 Å². The van der Waals surface area contributed by atoms with Gasteiger partial charge in [0.05, 0.1) is 12.8 Å². The second kappa shape index (κ2) is 6.58. The molecular formula is C15H16N2O3S. The zero-order valence-electron chi connectivity index (χ0n) is 12.1. The molecular weight excluding hydrogens is 288 g/mol. The van der Waals surface area contributed by atoms with Crippen LogP contribution in [0.25, 0.3) is 0 Å². The summed E-state index contributed by atoms with van der Waals surface area (Å²) in [7, 11) is 1.62. The number of carboxylic acids is 1. The maximum absolute atomic E-state index is 11.3. The van der Waals surface area contributed by atoms with Gasteiger partial charge in [-0.2, -0.15) is 0 Å². The van der Waals surface area contributed by atoms with Crippen molar-refractivity contribution < 1.29 is 14.6 Å². The zero-order valence-corrected chi connectivity index (χ0v) is 12.9. The predicted octanol–water partition coefficient (Wildman–Crippen LogP) is 3.09. The van der Waals surface area contributed by atoms with Gasteiger partial charge in [0, 0.05) is 5.75 Å². The van der Waals surface area contributed by atoms with Gasteiger partial charge in [-0.25, -0.2) is 14.8 Å². The first-order valence-corrected chi connectivity index (χ1v) is 7.34. The van der Waals surface area contributed by atoms with Crippen LogP contribution in [-0.4, -0.2) is 28.2 Å². The third-order valence-electron chi connectivity index (χ3n) is 2.92. The molecule has 0 radical (unpaired) electrons. The number of aryl methyl sites for hydroxylation is 2. The van der Waals surface area contributed by atoms with E-state index in [4.69, 9.17) is 4.74 Å². The number of nitrogens with zero attached hydrogens (tertiary/aromatic N) is 2. The van der Waals surface area contributed by atoms with Crippen LogP contribution in [0.2, 0.25) is 0 Å². The van der Waals surface area contributed by atoms with Gasteiger partial charge >= 0.3 is 5.97 Å². The number of carbonyl (C=O) groups is 1. The molecule has 0 atom stereocenters. The van der Waals surface area contributed by atoms with Crippen molar-refractivity contribution in [2.75, 3.05) is 7.11 Å². The van der Waals surface area contributed by atoms with Crippen LogP contribution in [0.4, 0.5) is 0 Å². The first-order valence-electron chi connectivity index (χ1n) is 6.35. The minimum absolute atomic E-state index is 0.180. The summed E-state index contributed by atoms with van der Waals surface area (Å²) in [6, 6.07) is 7.66. The number of aromatic carboxylic acids is 1. The molecule has 1 N–H and O–H groups in total. The molecule has 0 amide bonds.